The number of nitrogens with zero attached hydrogens (tertiary/aromatic N) is 1. The van der Waals surface area contributed by atoms with Gasteiger partial charge in [-0.3, -0.25) is 4.79 Å². The minimum atomic E-state index is -1.09. The van der Waals surface area contributed by atoms with E-state index in [-0.39, 0.29) is 24.6 Å². The van der Waals surface area contributed by atoms with Crippen molar-refractivity contribution in [2.45, 2.75) is 26.2 Å². The monoisotopic (exact) mass is 347 g/mol. The fraction of sp³-hybridized carbons (Fsp3) is 0.333. The number of aromatic nitrogens is 1. The van der Waals surface area contributed by atoms with Gasteiger partial charge in [0, 0.05) is 11.8 Å². The zero-order valence-corrected chi connectivity index (χ0v) is 14.1. The van der Waals surface area contributed by atoms with E-state index in [0.717, 1.165) is 5.56 Å². The fourth-order valence-corrected chi connectivity index (χ4v) is 2.42. The third-order valence-corrected chi connectivity index (χ3v) is 3.68. The van der Waals surface area contributed by atoms with Crippen LogP contribution in [0.4, 0.5) is 0 Å². The summed E-state index contributed by atoms with van der Waals surface area (Å²) in [5.41, 5.74) is 0.740. The molecule has 0 aliphatic heterocycles. The lowest BCUT2D eigenvalue weighted by Gasteiger charge is -2.20. The van der Waals surface area contributed by atoms with Crippen molar-refractivity contribution in [1.82, 2.24) is 4.57 Å². The lowest BCUT2D eigenvalue weighted by atomic mass is 10.2. The molecule has 1 heterocycles. The van der Waals surface area contributed by atoms with E-state index in [1.165, 1.54) is 17.7 Å². The molecule has 0 aliphatic rings. The number of aryl methyl sites for hydroxylation is 1. The number of carbonyl (C=O) groups excluding carboxylic acids is 1. The number of methoxy groups -OCH3 is 1. The van der Waals surface area contributed by atoms with Crippen LogP contribution in [0, 0.1) is 6.92 Å². The van der Waals surface area contributed by atoms with Crippen molar-refractivity contribution in [3.63, 3.8) is 0 Å². The normalized spacial score (nSPS) is 11.8. The molecule has 0 radical (unpaired) electrons. The van der Waals surface area contributed by atoms with Gasteiger partial charge in [0.25, 0.3) is 0 Å². The first-order valence-corrected chi connectivity index (χ1v) is 7.76. The van der Waals surface area contributed by atoms with E-state index in [1.807, 2.05) is 30.3 Å². The molecule has 0 saturated carbocycles. The summed E-state index contributed by atoms with van der Waals surface area (Å²) < 4.78 is 11.8. The van der Waals surface area contributed by atoms with Gasteiger partial charge in [-0.1, -0.05) is 30.3 Å². The summed E-state index contributed by atoms with van der Waals surface area (Å²) in [7, 11) is 1.20. The minimum absolute atomic E-state index is 0.0747. The number of hydrogen-bond donors (Lipinski definition) is 2. The molecule has 0 bridgehead atoms. The molecule has 2 aromatic rings. The Morgan fingerprint density at radius 3 is 2.56 bits per heavy atom. The molecule has 0 aliphatic carbocycles. The largest absolute Gasteiger partial charge is 0.482 e. The number of hydrogen-bond acceptors (Lipinski definition) is 6. The molecule has 7 nitrogen and oxygen atoms in total. The maximum absolute atomic E-state index is 12.4. The number of benzene rings is 1. The van der Waals surface area contributed by atoms with E-state index in [4.69, 9.17) is 14.6 Å². The Bertz CT molecular complexity index is 784. The Hall–Kier alpha value is -2.64. The van der Waals surface area contributed by atoms with Gasteiger partial charge < -0.3 is 24.3 Å². The van der Waals surface area contributed by atoms with Gasteiger partial charge in [-0.2, -0.15) is 0 Å². The highest BCUT2D eigenvalue weighted by Crippen LogP contribution is 2.19. The Morgan fingerprint density at radius 1 is 1.28 bits per heavy atom. The molecule has 0 saturated heterocycles. The molecule has 1 unspecified atom stereocenters. The number of carbonyl (C=O) groups is 1. The van der Waals surface area contributed by atoms with Gasteiger partial charge in [0.1, 0.15) is 6.61 Å². The summed E-state index contributed by atoms with van der Waals surface area (Å²) in [6, 6.07) is 10.5. The van der Waals surface area contributed by atoms with Gasteiger partial charge in [-0.15, -0.1) is 0 Å². The number of esters is 1. The molecular formula is C18H21NO6. The fourth-order valence-electron chi connectivity index (χ4n) is 2.42. The number of rotatable bonds is 7. The van der Waals surface area contributed by atoms with Gasteiger partial charge in [0.2, 0.25) is 5.43 Å². The van der Waals surface area contributed by atoms with Crippen LogP contribution in [0.5, 0.6) is 5.75 Å². The van der Waals surface area contributed by atoms with Gasteiger partial charge in [0.05, 0.1) is 26.4 Å². The van der Waals surface area contributed by atoms with Gasteiger partial charge in [-0.25, -0.2) is 4.79 Å². The highest BCUT2D eigenvalue weighted by Gasteiger charge is 2.24. The van der Waals surface area contributed by atoms with E-state index in [1.54, 1.807) is 6.92 Å². The molecule has 1 aromatic heterocycles. The standard InChI is InChI=1S/C18H21NO6/c1-12-8-15(22)17(25-11-13-6-4-3-5-7-13)16(18(23)24-2)19(12)9-14(21)10-20/h3-8,14,20-21H,9-11H2,1-2H3. The van der Waals surface area contributed by atoms with E-state index in [2.05, 4.69) is 0 Å². The Labute approximate surface area is 145 Å². The lowest BCUT2D eigenvalue weighted by molar-refractivity contribution is 0.0556. The maximum Gasteiger partial charge on any atom is 0.358 e. The van der Waals surface area contributed by atoms with E-state index in [0.29, 0.717) is 5.69 Å². The second-order valence-corrected chi connectivity index (χ2v) is 5.54. The first-order valence-electron chi connectivity index (χ1n) is 7.76. The summed E-state index contributed by atoms with van der Waals surface area (Å²) in [6.45, 7) is 1.17. The van der Waals surface area contributed by atoms with Gasteiger partial charge in [0.15, 0.2) is 11.4 Å². The summed E-state index contributed by atoms with van der Waals surface area (Å²) in [5.74, 6) is -0.902. The summed E-state index contributed by atoms with van der Waals surface area (Å²) in [5, 5.41) is 18.8. The number of aliphatic hydroxyl groups excluding tert-OH is 2. The molecule has 7 heteroatoms. The number of pyridine rings is 1. The highest BCUT2D eigenvalue weighted by molar-refractivity contribution is 5.90. The van der Waals surface area contributed by atoms with Gasteiger partial charge >= 0.3 is 5.97 Å². The van der Waals surface area contributed by atoms with Crippen LogP contribution in [0.1, 0.15) is 21.7 Å². The molecule has 2 N–H and O–H groups in total. The van der Waals surface area contributed by atoms with Crippen molar-refractivity contribution >= 4 is 5.97 Å². The first kappa shape index (κ1) is 18.7. The molecule has 1 atom stereocenters. The smallest absolute Gasteiger partial charge is 0.358 e. The Morgan fingerprint density at radius 2 is 1.96 bits per heavy atom. The predicted molar refractivity (Wildman–Crippen MR) is 90.6 cm³/mol. The molecule has 1 aromatic carbocycles. The van der Waals surface area contributed by atoms with Gasteiger partial charge in [-0.05, 0) is 12.5 Å². The molecule has 25 heavy (non-hydrogen) atoms. The van der Waals surface area contributed by atoms with Crippen LogP contribution >= 0.6 is 0 Å². The predicted octanol–water partition coefficient (Wildman–Crippen LogP) is 0.876. The van der Waals surface area contributed by atoms with Crippen LogP contribution in [0.2, 0.25) is 0 Å². The van der Waals surface area contributed by atoms with Crippen molar-refractivity contribution in [3.05, 3.63) is 63.6 Å². The second-order valence-electron chi connectivity index (χ2n) is 5.54. The van der Waals surface area contributed by atoms with Crippen LogP contribution < -0.4 is 10.2 Å². The summed E-state index contributed by atoms with van der Waals surface area (Å²) in [6.07, 6.45) is -1.09. The molecule has 0 fully saturated rings. The van der Waals surface area contributed by atoms with E-state index < -0.39 is 24.1 Å². The average molecular weight is 347 g/mol. The van der Waals surface area contributed by atoms with Crippen LogP contribution in [0.25, 0.3) is 0 Å². The maximum atomic E-state index is 12.4. The Kier molecular flexibility index (Phi) is 6.32. The Balaban J connectivity index is 2.47. The number of ether oxygens (including phenoxy) is 2. The molecule has 0 amide bonds. The van der Waals surface area contributed by atoms with E-state index in [9.17, 15) is 14.7 Å². The van der Waals surface area contributed by atoms with Crippen LogP contribution in [0.15, 0.2) is 41.2 Å². The van der Waals surface area contributed by atoms with Crippen molar-refractivity contribution in [1.29, 1.82) is 0 Å². The average Bonchev–Trinajstić information content (AvgIpc) is 2.62. The zero-order valence-electron chi connectivity index (χ0n) is 14.1. The SMILES string of the molecule is COC(=O)c1c(OCc2ccccc2)c(=O)cc(C)n1CC(O)CO. The third kappa shape index (κ3) is 4.46. The van der Waals surface area contributed by atoms with E-state index >= 15 is 0 Å². The van der Waals surface area contributed by atoms with Crippen molar-refractivity contribution < 1.29 is 24.5 Å². The highest BCUT2D eigenvalue weighted by atomic mass is 16.5. The quantitative estimate of drug-likeness (QED) is 0.722. The van der Waals surface area contributed by atoms with Crippen LogP contribution in [-0.2, 0) is 17.9 Å². The second kappa shape index (κ2) is 8.46. The third-order valence-electron chi connectivity index (χ3n) is 3.68. The molecule has 134 valence electrons. The first-order chi connectivity index (χ1) is 12.0. The zero-order chi connectivity index (χ0) is 18.4. The lowest BCUT2D eigenvalue weighted by Crippen LogP contribution is -2.29. The topological polar surface area (TPSA) is 98.0 Å². The molecular weight excluding hydrogens is 326 g/mol. The minimum Gasteiger partial charge on any atom is -0.482 e. The van der Waals surface area contributed by atoms with Crippen LogP contribution in [0.3, 0.4) is 0 Å². The molecule has 2 rings (SSSR count). The number of aliphatic hydroxyl groups is 2. The summed E-state index contributed by atoms with van der Waals surface area (Å²) in [4.78, 5) is 24.6. The van der Waals surface area contributed by atoms with Crippen molar-refractivity contribution in [3.8, 4) is 5.75 Å². The molecule has 0 spiro atoms. The summed E-state index contributed by atoms with van der Waals surface area (Å²) >= 11 is 0. The van der Waals surface area contributed by atoms with Crippen molar-refractivity contribution in [2.24, 2.45) is 0 Å². The van der Waals surface area contributed by atoms with Crippen LogP contribution in [-0.4, -0.2) is 40.6 Å². The van der Waals surface area contributed by atoms with Crippen molar-refractivity contribution in [2.75, 3.05) is 13.7 Å².